The molecule has 2 N–H and O–H groups in total. The highest BCUT2D eigenvalue weighted by molar-refractivity contribution is 5.64. The molecule has 8 heteroatoms. The average molecular weight is 408 g/mol. The number of hydrogen-bond acceptors (Lipinski definition) is 7. The monoisotopic (exact) mass is 408 g/mol. The van der Waals surface area contributed by atoms with E-state index in [1.54, 1.807) is 26.5 Å². The Morgan fingerprint density at radius 1 is 0.900 bits per heavy atom. The quantitative estimate of drug-likeness (QED) is 0.580. The van der Waals surface area contributed by atoms with Gasteiger partial charge in [-0.25, -0.2) is 14.8 Å². The highest BCUT2D eigenvalue weighted by Crippen LogP contribution is 2.20. The third-order valence-corrected chi connectivity index (χ3v) is 4.41. The Morgan fingerprint density at radius 2 is 1.43 bits per heavy atom. The lowest BCUT2D eigenvalue weighted by Crippen LogP contribution is -2.25. The van der Waals surface area contributed by atoms with Gasteiger partial charge in [0.15, 0.2) is 0 Å². The number of nitrogens with zero attached hydrogens (tertiary/aromatic N) is 3. The molecule has 0 saturated carbocycles. The molecule has 3 rings (SSSR count). The normalized spacial score (nSPS) is 10.3. The van der Waals surface area contributed by atoms with Gasteiger partial charge in [0.25, 0.3) is 0 Å². The van der Waals surface area contributed by atoms with Gasteiger partial charge in [-0.3, -0.25) is 0 Å². The van der Waals surface area contributed by atoms with Gasteiger partial charge < -0.3 is 24.8 Å². The Hall–Kier alpha value is -3.81. The first-order valence-corrected chi connectivity index (χ1v) is 9.32. The van der Waals surface area contributed by atoms with E-state index in [2.05, 4.69) is 9.97 Å². The number of methoxy groups -OCH3 is 2. The zero-order valence-electron chi connectivity index (χ0n) is 16.9. The van der Waals surface area contributed by atoms with Crippen molar-refractivity contribution >= 4 is 12.0 Å². The molecule has 1 heterocycles. The van der Waals surface area contributed by atoms with Gasteiger partial charge in [-0.2, -0.15) is 0 Å². The van der Waals surface area contributed by atoms with Gasteiger partial charge in [0.1, 0.15) is 18.1 Å². The molecule has 0 saturated heterocycles. The lowest BCUT2D eigenvalue weighted by molar-refractivity contribution is 0.149. The summed E-state index contributed by atoms with van der Waals surface area (Å²) in [6.45, 7) is 1.15. The Balaban J connectivity index is 1.85. The molecule has 8 nitrogen and oxygen atoms in total. The van der Waals surface area contributed by atoms with E-state index in [0.29, 0.717) is 24.7 Å². The van der Waals surface area contributed by atoms with E-state index < -0.39 is 6.09 Å². The van der Waals surface area contributed by atoms with Crippen LogP contribution in [0, 0.1) is 0 Å². The van der Waals surface area contributed by atoms with E-state index in [4.69, 9.17) is 19.9 Å². The number of hydrogen-bond donors (Lipinski definition) is 1. The van der Waals surface area contributed by atoms with Crippen LogP contribution in [0.15, 0.2) is 60.8 Å². The van der Waals surface area contributed by atoms with Gasteiger partial charge in [0.2, 0.25) is 5.95 Å². The SMILES string of the molecule is COc1ccc(CN(Cc2ccc(OC)cc2)c2nccc(COC(N)=O)n2)cc1. The molecule has 0 aliphatic rings. The van der Waals surface area contributed by atoms with Crippen molar-refractivity contribution in [3.8, 4) is 11.5 Å². The Morgan fingerprint density at radius 3 is 1.90 bits per heavy atom. The molecule has 0 atom stereocenters. The summed E-state index contributed by atoms with van der Waals surface area (Å²) in [7, 11) is 3.27. The topological polar surface area (TPSA) is 99.8 Å². The first kappa shape index (κ1) is 20.9. The second kappa shape index (κ2) is 10.1. The van der Waals surface area contributed by atoms with Gasteiger partial charge in [-0.05, 0) is 41.5 Å². The van der Waals surface area contributed by atoms with Crippen LogP contribution in [0.4, 0.5) is 10.7 Å². The maximum Gasteiger partial charge on any atom is 0.404 e. The van der Waals surface area contributed by atoms with Crippen LogP contribution in [0.3, 0.4) is 0 Å². The van der Waals surface area contributed by atoms with Gasteiger partial charge in [0, 0.05) is 19.3 Å². The van der Waals surface area contributed by atoms with E-state index >= 15 is 0 Å². The third kappa shape index (κ3) is 5.84. The van der Waals surface area contributed by atoms with Crippen molar-refractivity contribution in [3.63, 3.8) is 0 Å². The first-order valence-electron chi connectivity index (χ1n) is 9.32. The number of benzene rings is 2. The largest absolute Gasteiger partial charge is 0.497 e. The predicted molar refractivity (Wildman–Crippen MR) is 112 cm³/mol. The third-order valence-electron chi connectivity index (χ3n) is 4.41. The van der Waals surface area contributed by atoms with Crippen LogP contribution in [0.5, 0.6) is 11.5 Å². The molecule has 1 amide bonds. The lowest BCUT2D eigenvalue weighted by atomic mass is 10.1. The number of carbonyl (C=O) groups is 1. The van der Waals surface area contributed by atoms with E-state index in [1.165, 1.54) is 0 Å². The minimum absolute atomic E-state index is 0.0102. The van der Waals surface area contributed by atoms with Crippen molar-refractivity contribution in [3.05, 3.63) is 77.6 Å². The van der Waals surface area contributed by atoms with Gasteiger partial charge in [-0.1, -0.05) is 24.3 Å². The molecule has 30 heavy (non-hydrogen) atoms. The minimum Gasteiger partial charge on any atom is -0.497 e. The second-order valence-corrected chi connectivity index (χ2v) is 6.51. The number of anilines is 1. The van der Waals surface area contributed by atoms with Crippen LogP contribution < -0.4 is 20.1 Å². The lowest BCUT2D eigenvalue weighted by Gasteiger charge is -2.23. The van der Waals surface area contributed by atoms with E-state index in [9.17, 15) is 4.79 Å². The Bertz CT molecular complexity index is 912. The number of ether oxygens (including phenoxy) is 3. The van der Waals surface area contributed by atoms with Crippen molar-refractivity contribution in [1.29, 1.82) is 0 Å². The number of carbonyl (C=O) groups excluding carboxylic acids is 1. The number of aromatic nitrogens is 2. The molecule has 1 aromatic heterocycles. The number of primary amides is 1. The average Bonchev–Trinajstić information content (AvgIpc) is 2.78. The standard InChI is InChI=1S/C22H24N4O4/c1-28-19-7-3-16(4-8-19)13-26(14-17-5-9-20(29-2)10-6-17)22-24-12-11-18(25-22)15-30-21(23)27/h3-12H,13-15H2,1-2H3,(H2,23,27). The zero-order valence-corrected chi connectivity index (χ0v) is 16.9. The Kier molecular flexibility index (Phi) is 7.05. The zero-order chi connectivity index (χ0) is 21.3. The molecule has 2 aromatic carbocycles. The molecule has 0 unspecified atom stereocenters. The van der Waals surface area contributed by atoms with Gasteiger partial charge >= 0.3 is 6.09 Å². The van der Waals surface area contributed by atoms with Crippen LogP contribution in [0.1, 0.15) is 16.8 Å². The van der Waals surface area contributed by atoms with Crippen LogP contribution >= 0.6 is 0 Å². The molecule has 156 valence electrons. The summed E-state index contributed by atoms with van der Waals surface area (Å²) in [4.78, 5) is 21.9. The van der Waals surface area contributed by atoms with Crippen LogP contribution in [-0.4, -0.2) is 30.3 Å². The molecular formula is C22H24N4O4. The van der Waals surface area contributed by atoms with E-state index in [0.717, 1.165) is 22.6 Å². The molecular weight excluding hydrogens is 384 g/mol. The van der Waals surface area contributed by atoms with Crippen molar-refractivity contribution in [2.75, 3.05) is 19.1 Å². The van der Waals surface area contributed by atoms with Crippen molar-refractivity contribution in [2.45, 2.75) is 19.7 Å². The summed E-state index contributed by atoms with van der Waals surface area (Å²) in [6, 6.07) is 17.3. The fraction of sp³-hybridized carbons (Fsp3) is 0.227. The van der Waals surface area contributed by atoms with Crippen molar-refractivity contribution < 1.29 is 19.0 Å². The van der Waals surface area contributed by atoms with E-state index in [-0.39, 0.29) is 6.61 Å². The minimum atomic E-state index is -0.844. The fourth-order valence-electron chi connectivity index (χ4n) is 2.86. The first-order chi connectivity index (χ1) is 14.6. The molecule has 0 fully saturated rings. The van der Waals surface area contributed by atoms with Crippen molar-refractivity contribution in [1.82, 2.24) is 9.97 Å². The van der Waals surface area contributed by atoms with Gasteiger partial charge in [0.05, 0.1) is 19.9 Å². The number of nitrogens with two attached hydrogens (primary N) is 1. The molecule has 0 aliphatic heterocycles. The summed E-state index contributed by atoms with van der Waals surface area (Å²) >= 11 is 0. The summed E-state index contributed by atoms with van der Waals surface area (Å²) in [5.74, 6) is 2.11. The molecule has 0 aliphatic carbocycles. The highest BCUT2D eigenvalue weighted by Gasteiger charge is 2.13. The molecule has 0 radical (unpaired) electrons. The number of rotatable bonds is 9. The van der Waals surface area contributed by atoms with Crippen LogP contribution in [0.25, 0.3) is 0 Å². The molecule has 0 spiro atoms. The predicted octanol–water partition coefficient (Wildman–Crippen LogP) is 3.30. The summed E-state index contributed by atoms with van der Waals surface area (Å²) in [5.41, 5.74) is 7.77. The smallest absolute Gasteiger partial charge is 0.404 e. The highest BCUT2D eigenvalue weighted by atomic mass is 16.5. The van der Waals surface area contributed by atoms with E-state index in [1.807, 2.05) is 53.4 Å². The van der Waals surface area contributed by atoms with Gasteiger partial charge in [-0.15, -0.1) is 0 Å². The summed E-state index contributed by atoms with van der Waals surface area (Å²) in [5, 5.41) is 0. The summed E-state index contributed by atoms with van der Waals surface area (Å²) in [6.07, 6.45) is 0.792. The van der Waals surface area contributed by atoms with Crippen LogP contribution in [-0.2, 0) is 24.4 Å². The maximum absolute atomic E-state index is 10.9. The number of amides is 1. The van der Waals surface area contributed by atoms with Crippen molar-refractivity contribution in [2.24, 2.45) is 5.73 Å². The maximum atomic E-state index is 10.9. The molecule has 3 aromatic rings. The Labute approximate surface area is 175 Å². The fourth-order valence-corrected chi connectivity index (χ4v) is 2.86. The summed E-state index contributed by atoms with van der Waals surface area (Å²) < 4.78 is 15.3. The second-order valence-electron chi connectivity index (χ2n) is 6.51. The molecule has 0 bridgehead atoms. The van der Waals surface area contributed by atoms with Crippen LogP contribution in [0.2, 0.25) is 0 Å².